The average molecular weight is 458 g/mol. The van der Waals surface area contributed by atoms with Gasteiger partial charge in [0.05, 0.1) is 6.54 Å². The smallest absolute Gasteiger partial charge is 0.222 e. The molecular formula is C30H35NO3. The van der Waals surface area contributed by atoms with E-state index in [9.17, 15) is 9.90 Å². The lowest BCUT2D eigenvalue weighted by Gasteiger charge is -2.34. The Balaban J connectivity index is 1.39. The molecule has 2 aliphatic rings. The highest BCUT2D eigenvalue weighted by molar-refractivity contribution is 5.78. The van der Waals surface area contributed by atoms with Crippen molar-refractivity contribution in [3.8, 4) is 5.75 Å². The molecule has 0 radical (unpaired) electrons. The first-order chi connectivity index (χ1) is 16.7. The zero-order valence-corrected chi connectivity index (χ0v) is 19.9. The minimum Gasteiger partial charge on any atom is -0.508 e. The van der Waals surface area contributed by atoms with Crippen LogP contribution in [0.25, 0.3) is 0 Å². The van der Waals surface area contributed by atoms with Gasteiger partial charge in [-0.25, -0.2) is 0 Å². The van der Waals surface area contributed by atoms with E-state index in [1.807, 2.05) is 29.2 Å². The Bertz CT molecular complexity index is 1040. The second kappa shape index (κ2) is 11.7. The van der Waals surface area contributed by atoms with Gasteiger partial charge in [-0.3, -0.25) is 4.79 Å². The molecule has 0 aromatic heterocycles. The summed E-state index contributed by atoms with van der Waals surface area (Å²) in [6.45, 7) is 5.76. The number of nitrogens with zero attached hydrogens (tertiary/aromatic N) is 1. The molecule has 4 nitrogen and oxygen atoms in total. The first-order valence-electron chi connectivity index (χ1n) is 12.4. The van der Waals surface area contributed by atoms with E-state index in [4.69, 9.17) is 4.74 Å². The maximum absolute atomic E-state index is 11.8. The normalized spacial score (nSPS) is 20.5. The van der Waals surface area contributed by atoms with E-state index in [1.165, 1.54) is 16.7 Å². The summed E-state index contributed by atoms with van der Waals surface area (Å²) >= 11 is 0. The summed E-state index contributed by atoms with van der Waals surface area (Å²) in [5.74, 6) is 2.23. The minimum absolute atomic E-state index is 0.224. The van der Waals surface area contributed by atoms with Gasteiger partial charge < -0.3 is 14.7 Å². The fraction of sp³-hybridized carbons (Fsp3) is 0.367. The van der Waals surface area contributed by atoms with Gasteiger partial charge in [-0.15, -0.1) is 0 Å². The number of carbonyl (C=O) groups excluding carboxylic acids is 1. The van der Waals surface area contributed by atoms with Gasteiger partial charge >= 0.3 is 0 Å². The predicted octanol–water partition coefficient (Wildman–Crippen LogP) is 6.25. The average Bonchev–Trinajstić information content (AvgIpc) is 3.26. The van der Waals surface area contributed by atoms with Crippen molar-refractivity contribution in [1.82, 2.24) is 4.90 Å². The number of ether oxygens (including phenoxy) is 1. The van der Waals surface area contributed by atoms with Gasteiger partial charge in [0.1, 0.15) is 18.1 Å². The van der Waals surface area contributed by atoms with Gasteiger partial charge in [0.2, 0.25) is 5.91 Å². The topological polar surface area (TPSA) is 49.8 Å². The lowest BCUT2D eigenvalue weighted by molar-refractivity contribution is -0.128. The number of carbonyl (C=O) groups is 1. The molecule has 1 heterocycles. The molecule has 1 amide bonds. The molecule has 0 unspecified atom stereocenters. The molecule has 1 aliphatic carbocycles. The van der Waals surface area contributed by atoms with Gasteiger partial charge in [0.25, 0.3) is 0 Å². The second-order valence-electron chi connectivity index (χ2n) is 9.16. The van der Waals surface area contributed by atoms with Crippen LogP contribution in [0.1, 0.15) is 60.6 Å². The van der Waals surface area contributed by atoms with Crippen LogP contribution in [0.3, 0.4) is 0 Å². The molecular weight excluding hydrogens is 422 g/mol. The number of benzene rings is 2. The number of fused-ring (bicyclic) bond motifs is 1. The lowest BCUT2D eigenvalue weighted by atomic mass is 9.70. The van der Waals surface area contributed by atoms with E-state index >= 15 is 0 Å². The summed E-state index contributed by atoms with van der Waals surface area (Å²) < 4.78 is 5.93. The summed E-state index contributed by atoms with van der Waals surface area (Å²) in [5.41, 5.74) is 4.02. The number of hydrogen-bond donors (Lipinski definition) is 1. The van der Waals surface area contributed by atoms with Crippen molar-refractivity contribution in [3.63, 3.8) is 0 Å². The van der Waals surface area contributed by atoms with Crippen molar-refractivity contribution in [1.29, 1.82) is 0 Å². The molecule has 1 aliphatic heterocycles. The fourth-order valence-corrected chi connectivity index (χ4v) is 5.31. The summed E-state index contributed by atoms with van der Waals surface area (Å²) in [4.78, 5) is 13.7. The first-order valence-corrected chi connectivity index (χ1v) is 12.4. The van der Waals surface area contributed by atoms with Crippen LogP contribution in [0.5, 0.6) is 5.75 Å². The largest absolute Gasteiger partial charge is 0.508 e. The number of rotatable bonds is 10. The molecule has 1 N–H and O–H groups in total. The van der Waals surface area contributed by atoms with Crippen molar-refractivity contribution < 1.29 is 14.6 Å². The molecule has 34 heavy (non-hydrogen) atoms. The molecule has 2 atom stereocenters. The fourth-order valence-electron chi connectivity index (χ4n) is 5.31. The van der Waals surface area contributed by atoms with Crippen LogP contribution in [-0.4, -0.2) is 35.6 Å². The van der Waals surface area contributed by atoms with Crippen molar-refractivity contribution in [2.75, 3.05) is 19.7 Å². The third-order valence-electron chi connectivity index (χ3n) is 6.97. The van der Waals surface area contributed by atoms with E-state index in [-0.39, 0.29) is 5.91 Å². The quantitative estimate of drug-likeness (QED) is 0.339. The van der Waals surface area contributed by atoms with Gasteiger partial charge in [0, 0.05) is 13.0 Å². The molecule has 2 aromatic rings. The summed E-state index contributed by atoms with van der Waals surface area (Å²) in [5, 5.41) is 9.98. The van der Waals surface area contributed by atoms with E-state index in [0.29, 0.717) is 37.2 Å². The molecule has 2 aromatic carbocycles. The van der Waals surface area contributed by atoms with Gasteiger partial charge in [-0.05, 0) is 84.9 Å². The van der Waals surface area contributed by atoms with E-state index in [1.54, 1.807) is 6.08 Å². The lowest BCUT2D eigenvalue weighted by Crippen LogP contribution is -2.28. The van der Waals surface area contributed by atoms with Crippen LogP contribution >= 0.6 is 0 Å². The van der Waals surface area contributed by atoms with Crippen molar-refractivity contribution >= 4 is 5.91 Å². The Hall–Kier alpha value is -3.27. The third kappa shape index (κ3) is 5.99. The first kappa shape index (κ1) is 23.9. The number of allylic oxidation sites excluding steroid dienone is 4. The Kier molecular flexibility index (Phi) is 8.24. The van der Waals surface area contributed by atoms with Crippen LogP contribution in [0, 0.1) is 0 Å². The zero-order valence-electron chi connectivity index (χ0n) is 19.9. The number of aryl methyl sites for hydroxylation is 1. The Labute approximate surface area is 203 Å². The van der Waals surface area contributed by atoms with Crippen molar-refractivity contribution in [3.05, 3.63) is 102 Å². The van der Waals surface area contributed by atoms with Crippen LogP contribution < -0.4 is 0 Å². The number of hydrogen-bond acceptors (Lipinski definition) is 3. The molecule has 178 valence electrons. The van der Waals surface area contributed by atoms with Crippen molar-refractivity contribution in [2.45, 2.75) is 50.4 Å². The summed E-state index contributed by atoms with van der Waals surface area (Å²) in [6.07, 6.45) is 13.4. The Morgan fingerprint density at radius 3 is 2.79 bits per heavy atom. The molecule has 4 heteroatoms. The highest BCUT2D eigenvalue weighted by Crippen LogP contribution is 2.45. The Morgan fingerprint density at radius 2 is 2.03 bits per heavy atom. The highest BCUT2D eigenvalue weighted by atomic mass is 16.5. The highest BCUT2D eigenvalue weighted by Gasteiger charge is 2.30. The molecule has 1 saturated heterocycles. The number of aromatic hydroxyl groups is 1. The minimum atomic E-state index is 0.224. The molecule has 0 saturated carbocycles. The monoisotopic (exact) mass is 457 g/mol. The van der Waals surface area contributed by atoms with Gasteiger partial charge in [-0.2, -0.15) is 0 Å². The zero-order chi connectivity index (χ0) is 23.8. The van der Waals surface area contributed by atoms with Gasteiger partial charge in [0.15, 0.2) is 0 Å². The van der Waals surface area contributed by atoms with Crippen LogP contribution in [-0.2, 0) is 16.0 Å². The standard InChI is InChI=1S/C30H35NO3/c1-2-9-26(34-21-20-31-19-8-14-30(31)33)12-6-7-13-29-27(23-10-4-3-5-11-23)17-15-24-22-25(32)16-18-28(24)29/h2-6,9-12,16,18,22,27,29,32H,1,7-8,13-15,17,19-21H2/b12-6-,26-9+/t27-,29+/m1/s1. The van der Waals surface area contributed by atoms with Crippen LogP contribution in [0.2, 0.25) is 0 Å². The predicted molar refractivity (Wildman–Crippen MR) is 137 cm³/mol. The molecule has 4 rings (SSSR count). The molecule has 0 bridgehead atoms. The molecule has 0 spiro atoms. The van der Waals surface area contributed by atoms with Crippen molar-refractivity contribution in [2.24, 2.45) is 0 Å². The maximum atomic E-state index is 11.8. The van der Waals surface area contributed by atoms with E-state index in [2.05, 4.69) is 49.1 Å². The Morgan fingerprint density at radius 1 is 1.18 bits per heavy atom. The van der Waals surface area contributed by atoms with Crippen LogP contribution in [0.15, 0.2) is 85.2 Å². The number of phenols is 1. The molecule has 1 fully saturated rings. The summed E-state index contributed by atoms with van der Waals surface area (Å²) in [6, 6.07) is 16.7. The summed E-state index contributed by atoms with van der Waals surface area (Å²) in [7, 11) is 0. The number of likely N-dealkylation sites (tertiary alicyclic amines) is 1. The SMILES string of the molecule is C=C/C=C(\C=C/CC[C@@H]1c2ccc(O)cc2CC[C@@H]1c1ccccc1)OCCN1CCCC1=O. The van der Waals surface area contributed by atoms with E-state index < -0.39 is 0 Å². The maximum Gasteiger partial charge on any atom is 0.222 e. The van der Waals surface area contributed by atoms with Crippen LogP contribution in [0.4, 0.5) is 0 Å². The van der Waals surface area contributed by atoms with Gasteiger partial charge in [-0.1, -0.05) is 55.1 Å². The number of phenolic OH excluding ortho intramolecular Hbond substituents is 1. The number of amides is 1. The second-order valence-corrected chi connectivity index (χ2v) is 9.16. The van der Waals surface area contributed by atoms with E-state index in [0.717, 1.165) is 44.4 Å². The third-order valence-corrected chi connectivity index (χ3v) is 6.97.